The topological polar surface area (TPSA) is 87.7 Å². The Morgan fingerprint density at radius 3 is 2.56 bits per heavy atom. The summed E-state index contributed by atoms with van der Waals surface area (Å²) in [5.74, 6) is -0.434. The third-order valence-corrected chi connectivity index (χ3v) is 6.45. The minimum absolute atomic E-state index is 0.184. The van der Waals surface area contributed by atoms with Crippen LogP contribution in [0.2, 0.25) is 0 Å². The van der Waals surface area contributed by atoms with E-state index < -0.39 is 18.2 Å². The molecular weight excluding hydrogens is 450 g/mol. The van der Waals surface area contributed by atoms with Crippen molar-refractivity contribution in [2.75, 3.05) is 11.9 Å². The van der Waals surface area contributed by atoms with Gasteiger partial charge in [-0.3, -0.25) is 14.5 Å². The van der Waals surface area contributed by atoms with E-state index in [0.717, 1.165) is 17.5 Å². The van der Waals surface area contributed by atoms with Crippen LogP contribution < -0.4 is 10.6 Å². The zero-order valence-electron chi connectivity index (χ0n) is 19.1. The number of nitrogens with zero attached hydrogens (tertiary/aromatic N) is 1. The van der Waals surface area contributed by atoms with Gasteiger partial charge in [0.2, 0.25) is 5.91 Å². The van der Waals surface area contributed by atoms with Gasteiger partial charge in [-0.25, -0.2) is 4.79 Å². The van der Waals surface area contributed by atoms with Crippen molar-refractivity contribution < 1.29 is 19.1 Å². The molecule has 1 aliphatic heterocycles. The number of benzene rings is 2. The van der Waals surface area contributed by atoms with Gasteiger partial charge >= 0.3 is 6.09 Å². The van der Waals surface area contributed by atoms with E-state index in [-0.39, 0.29) is 18.4 Å². The highest BCUT2D eigenvalue weighted by Crippen LogP contribution is 2.34. The van der Waals surface area contributed by atoms with E-state index in [0.29, 0.717) is 22.7 Å². The largest absolute Gasteiger partial charge is 0.438 e. The van der Waals surface area contributed by atoms with Crippen molar-refractivity contribution in [2.45, 2.75) is 39.0 Å². The minimum atomic E-state index is -0.800. The third kappa shape index (κ3) is 5.28. The van der Waals surface area contributed by atoms with Crippen LogP contribution in [-0.4, -0.2) is 35.4 Å². The Hall–Kier alpha value is -3.65. The molecule has 3 aromatic rings. The zero-order valence-corrected chi connectivity index (χ0v) is 19.9. The first kappa shape index (κ1) is 23.5. The summed E-state index contributed by atoms with van der Waals surface area (Å²) in [5, 5.41) is 7.61. The smallest absolute Gasteiger partial charge is 0.411 e. The summed E-state index contributed by atoms with van der Waals surface area (Å²) in [6.07, 6.45) is -0.497. The van der Waals surface area contributed by atoms with Gasteiger partial charge < -0.3 is 15.4 Å². The summed E-state index contributed by atoms with van der Waals surface area (Å²) in [5.41, 5.74) is 3.31. The second-order valence-corrected chi connectivity index (χ2v) is 9.16. The van der Waals surface area contributed by atoms with E-state index >= 15 is 0 Å². The molecule has 1 aliphatic rings. The molecule has 2 atom stereocenters. The van der Waals surface area contributed by atoms with Crippen molar-refractivity contribution >= 4 is 34.9 Å². The second-order valence-electron chi connectivity index (χ2n) is 8.21. The quantitative estimate of drug-likeness (QED) is 0.483. The van der Waals surface area contributed by atoms with Crippen molar-refractivity contribution in [1.82, 2.24) is 10.2 Å². The van der Waals surface area contributed by atoms with Gasteiger partial charge in [0.25, 0.3) is 5.91 Å². The maximum Gasteiger partial charge on any atom is 0.411 e. The summed E-state index contributed by atoms with van der Waals surface area (Å²) in [6, 6.07) is 17.7. The van der Waals surface area contributed by atoms with Crippen molar-refractivity contribution in [3.63, 3.8) is 0 Å². The summed E-state index contributed by atoms with van der Waals surface area (Å²) in [4.78, 5) is 40.4. The average molecular weight is 478 g/mol. The van der Waals surface area contributed by atoms with E-state index in [9.17, 15) is 14.4 Å². The Morgan fingerprint density at radius 2 is 1.88 bits per heavy atom. The van der Waals surface area contributed by atoms with Gasteiger partial charge in [0.1, 0.15) is 0 Å². The standard InChI is InChI=1S/C26H27N3O4S/c1-3-13-27-25(31)22-23(33-26(32)29(22)16-18-7-4-6-17(2)15-18)19-9-11-20(12-10-19)28-24(30)21-8-5-14-34-21/h4-12,14-15,22-23H,3,13,16H2,1-2H3,(H,27,31)(H,28,30). The molecule has 1 fully saturated rings. The van der Waals surface area contributed by atoms with Gasteiger partial charge in [-0.05, 0) is 48.1 Å². The van der Waals surface area contributed by atoms with Crippen molar-refractivity contribution in [1.29, 1.82) is 0 Å². The molecule has 4 rings (SSSR count). The molecule has 2 N–H and O–H groups in total. The molecule has 7 nitrogen and oxygen atoms in total. The number of carbonyl (C=O) groups excluding carboxylic acids is 3. The molecule has 176 valence electrons. The molecule has 2 heterocycles. The van der Waals surface area contributed by atoms with Gasteiger partial charge in [-0.2, -0.15) is 0 Å². The molecule has 3 amide bonds. The molecule has 0 saturated carbocycles. The van der Waals surface area contributed by atoms with Gasteiger partial charge in [-0.1, -0.05) is 55.0 Å². The molecule has 0 radical (unpaired) electrons. The lowest BCUT2D eigenvalue weighted by Crippen LogP contribution is -2.46. The van der Waals surface area contributed by atoms with Crippen LogP contribution >= 0.6 is 11.3 Å². The van der Waals surface area contributed by atoms with Crippen LogP contribution in [0, 0.1) is 6.92 Å². The highest BCUT2D eigenvalue weighted by molar-refractivity contribution is 7.12. The Balaban J connectivity index is 1.55. The van der Waals surface area contributed by atoms with Crippen LogP contribution in [0.5, 0.6) is 0 Å². The summed E-state index contributed by atoms with van der Waals surface area (Å²) >= 11 is 1.37. The molecule has 1 aromatic heterocycles. The second kappa shape index (κ2) is 10.5. The molecule has 0 spiro atoms. The van der Waals surface area contributed by atoms with Crippen LogP contribution in [0.3, 0.4) is 0 Å². The maximum absolute atomic E-state index is 13.1. The fourth-order valence-electron chi connectivity index (χ4n) is 3.93. The van der Waals surface area contributed by atoms with Gasteiger partial charge in [0.15, 0.2) is 12.1 Å². The number of carbonyl (C=O) groups is 3. The highest BCUT2D eigenvalue weighted by atomic mass is 32.1. The van der Waals surface area contributed by atoms with Crippen LogP contribution in [0.15, 0.2) is 66.0 Å². The van der Waals surface area contributed by atoms with Gasteiger partial charge in [-0.15, -0.1) is 11.3 Å². The Morgan fingerprint density at radius 1 is 1.09 bits per heavy atom. The number of hydrogen-bond acceptors (Lipinski definition) is 5. The normalized spacial score (nSPS) is 17.4. The number of rotatable bonds is 8. The zero-order chi connectivity index (χ0) is 24.1. The fourth-order valence-corrected chi connectivity index (χ4v) is 4.55. The van der Waals surface area contributed by atoms with E-state index in [1.54, 1.807) is 30.3 Å². The molecule has 2 unspecified atom stereocenters. The number of thiophene rings is 1. The lowest BCUT2D eigenvalue weighted by Gasteiger charge is -2.24. The van der Waals surface area contributed by atoms with Crippen LogP contribution in [0.4, 0.5) is 10.5 Å². The Bertz CT molecular complexity index is 1160. The van der Waals surface area contributed by atoms with E-state index in [1.165, 1.54) is 16.2 Å². The number of cyclic esters (lactones) is 1. The van der Waals surface area contributed by atoms with E-state index in [4.69, 9.17) is 4.74 Å². The lowest BCUT2D eigenvalue weighted by atomic mass is 10.00. The summed E-state index contributed by atoms with van der Waals surface area (Å²) < 4.78 is 5.70. The van der Waals surface area contributed by atoms with E-state index in [1.807, 2.05) is 49.6 Å². The monoisotopic (exact) mass is 477 g/mol. The first-order valence-electron chi connectivity index (χ1n) is 11.2. The number of amides is 3. The molecule has 8 heteroatoms. The van der Waals surface area contributed by atoms with Crippen molar-refractivity contribution in [3.8, 4) is 0 Å². The van der Waals surface area contributed by atoms with Gasteiger partial charge in [0.05, 0.1) is 11.4 Å². The average Bonchev–Trinajstić information content (AvgIpc) is 3.47. The van der Waals surface area contributed by atoms with Crippen molar-refractivity contribution in [3.05, 3.63) is 87.6 Å². The highest BCUT2D eigenvalue weighted by Gasteiger charge is 2.46. The molecule has 1 saturated heterocycles. The predicted octanol–water partition coefficient (Wildman–Crippen LogP) is 4.90. The predicted molar refractivity (Wildman–Crippen MR) is 132 cm³/mol. The first-order valence-corrected chi connectivity index (χ1v) is 12.1. The molecular formula is C26H27N3O4S. The summed E-state index contributed by atoms with van der Waals surface area (Å²) in [7, 11) is 0. The van der Waals surface area contributed by atoms with E-state index in [2.05, 4.69) is 10.6 Å². The van der Waals surface area contributed by atoms with Crippen molar-refractivity contribution in [2.24, 2.45) is 0 Å². The van der Waals surface area contributed by atoms with Gasteiger partial charge in [0, 0.05) is 12.2 Å². The lowest BCUT2D eigenvalue weighted by molar-refractivity contribution is -0.126. The Labute approximate surface area is 202 Å². The molecule has 2 aromatic carbocycles. The Kier molecular flexibility index (Phi) is 7.27. The minimum Gasteiger partial charge on any atom is -0.438 e. The molecule has 34 heavy (non-hydrogen) atoms. The number of anilines is 1. The molecule has 0 bridgehead atoms. The fraction of sp³-hybridized carbons (Fsp3) is 0.269. The number of hydrogen-bond donors (Lipinski definition) is 2. The number of nitrogens with one attached hydrogen (secondary N) is 2. The van der Waals surface area contributed by atoms with Crippen LogP contribution in [0.25, 0.3) is 0 Å². The third-order valence-electron chi connectivity index (χ3n) is 5.58. The maximum atomic E-state index is 13.1. The van der Waals surface area contributed by atoms with Crippen LogP contribution in [0.1, 0.15) is 45.8 Å². The first-order chi connectivity index (χ1) is 16.5. The SMILES string of the molecule is CCCNC(=O)C1C(c2ccc(NC(=O)c3cccs3)cc2)OC(=O)N1Cc1cccc(C)c1. The summed E-state index contributed by atoms with van der Waals surface area (Å²) in [6.45, 7) is 4.75. The number of aryl methyl sites for hydroxylation is 1. The van der Waals surface area contributed by atoms with Crippen LogP contribution in [-0.2, 0) is 16.1 Å². The molecule has 0 aliphatic carbocycles. The number of ether oxygens (including phenoxy) is 1.